The van der Waals surface area contributed by atoms with Gasteiger partial charge in [-0.3, -0.25) is 4.90 Å². The number of nitrogens with zero attached hydrogens (tertiary/aromatic N) is 1. The van der Waals surface area contributed by atoms with Crippen molar-refractivity contribution in [2.45, 2.75) is 46.6 Å². The summed E-state index contributed by atoms with van der Waals surface area (Å²) in [4.78, 5) is 13.6. The zero-order valence-corrected chi connectivity index (χ0v) is 11.1. The lowest BCUT2D eigenvalue weighted by Crippen LogP contribution is -2.38. The van der Waals surface area contributed by atoms with Crippen molar-refractivity contribution in [3.63, 3.8) is 0 Å². The minimum atomic E-state index is -0.292. The highest BCUT2D eigenvalue weighted by Crippen LogP contribution is 2.04. The van der Waals surface area contributed by atoms with E-state index < -0.39 is 0 Å². The fourth-order valence-electron chi connectivity index (χ4n) is 1.55. The number of carbonyl (C=O) groups is 1. The Hall–Kier alpha value is -0.830. The highest BCUT2D eigenvalue weighted by Gasteiger charge is 2.14. The van der Waals surface area contributed by atoms with Gasteiger partial charge in [-0.15, -0.1) is 0 Å². The summed E-state index contributed by atoms with van der Waals surface area (Å²) in [5, 5.41) is 0. The first-order valence-corrected chi connectivity index (χ1v) is 6.09. The second kappa shape index (κ2) is 8.34. The Bertz CT molecular complexity index is 220. The minimum Gasteiger partial charge on any atom is -0.461 e. The molecule has 0 saturated carbocycles. The smallest absolute Gasteiger partial charge is 0.333 e. The molecule has 1 atom stereocenters. The maximum absolute atomic E-state index is 11.2. The molecule has 0 aromatic heterocycles. The van der Waals surface area contributed by atoms with Crippen molar-refractivity contribution >= 4 is 5.97 Å². The molecule has 0 spiro atoms. The standard InChI is InChI=1S/C13H25NO2/c1-6-8-14(9-7-2)12(5)10-16-13(15)11(3)4/h12H,3,6-10H2,1-2,4-5H3. The monoisotopic (exact) mass is 227 g/mol. The fraction of sp³-hybridized carbons (Fsp3) is 0.769. The molecule has 0 amide bonds. The first-order valence-electron chi connectivity index (χ1n) is 6.09. The third kappa shape index (κ3) is 5.91. The molecule has 0 fully saturated rings. The lowest BCUT2D eigenvalue weighted by atomic mass is 10.2. The summed E-state index contributed by atoms with van der Waals surface area (Å²) in [6, 6.07) is 0.281. The SMILES string of the molecule is C=C(C)C(=O)OCC(C)N(CCC)CCC. The summed E-state index contributed by atoms with van der Waals surface area (Å²) >= 11 is 0. The molecule has 94 valence electrons. The minimum absolute atomic E-state index is 0.281. The summed E-state index contributed by atoms with van der Waals surface area (Å²) in [7, 11) is 0. The quantitative estimate of drug-likeness (QED) is 0.471. The molecule has 0 rings (SSSR count). The normalized spacial score (nSPS) is 12.6. The maximum atomic E-state index is 11.2. The number of ether oxygens (including phenoxy) is 1. The summed E-state index contributed by atoms with van der Waals surface area (Å²) in [5.41, 5.74) is 0.463. The molecule has 0 aliphatic rings. The Labute approximate surface area is 99.5 Å². The lowest BCUT2D eigenvalue weighted by Gasteiger charge is -2.27. The van der Waals surface area contributed by atoms with Crippen LogP contribution in [0.4, 0.5) is 0 Å². The van der Waals surface area contributed by atoms with Crippen LogP contribution >= 0.6 is 0 Å². The van der Waals surface area contributed by atoms with Crippen LogP contribution in [0.3, 0.4) is 0 Å². The second-order valence-electron chi connectivity index (χ2n) is 4.26. The maximum Gasteiger partial charge on any atom is 0.333 e. The van der Waals surface area contributed by atoms with Crippen molar-refractivity contribution in [2.24, 2.45) is 0 Å². The van der Waals surface area contributed by atoms with E-state index in [4.69, 9.17) is 4.74 Å². The average Bonchev–Trinajstić information content (AvgIpc) is 2.24. The number of esters is 1. The van der Waals surface area contributed by atoms with E-state index in [9.17, 15) is 4.79 Å². The average molecular weight is 227 g/mol. The molecule has 0 heterocycles. The summed E-state index contributed by atoms with van der Waals surface area (Å²) < 4.78 is 5.16. The van der Waals surface area contributed by atoms with Gasteiger partial charge in [0.25, 0.3) is 0 Å². The van der Waals surface area contributed by atoms with Crippen molar-refractivity contribution in [3.8, 4) is 0 Å². The third-order valence-corrected chi connectivity index (χ3v) is 2.45. The molecule has 16 heavy (non-hydrogen) atoms. The molecule has 0 aromatic rings. The second-order valence-corrected chi connectivity index (χ2v) is 4.26. The summed E-state index contributed by atoms with van der Waals surface area (Å²) in [6.45, 7) is 14.2. The van der Waals surface area contributed by atoms with Gasteiger partial charge in [0.05, 0.1) is 0 Å². The first kappa shape index (κ1) is 15.2. The van der Waals surface area contributed by atoms with Crippen molar-refractivity contribution < 1.29 is 9.53 Å². The molecule has 0 bridgehead atoms. The molecule has 3 nitrogen and oxygen atoms in total. The largest absolute Gasteiger partial charge is 0.461 e. The van der Waals surface area contributed by atoms with Crippen LogP contribution in [0.15, 0.2) is 12.2 Å². The molecule has 0 saturated heterocycles. The third-order valence-electron chi connectivity index (χ3n) is 2.45. The summed E-state index contributed by atoms with van der Waals surface area (Å²) in [6.07, 6.45) is 2.25. The highest BCUT2D eigenvalue weighted by atomic mass is 16.5. The Balaban J connectivity index is 4.03. The molecular weight excluding hydrogens is 202 g/mol. The van der Waals surface area contributed by atoms with Gasteiger partial charge in [0, 0.05) is 11.6 Å². The van der Waals surface area contributed by atoms with E-state index in [0.717, 1.165) is 25.9 Å². The van der Waals surface area contributed by atoms with Crippen molar-refractivity contribution in [1.29, 1.82) is 0 Å². The van der Waals surface area contributed by atoms with Crippen molar-refractivity contribution in [2.75, 3.05) is 19.7 Å². The van der Waals surface area contributed by atoms with Gasteiger partial charge in [-0.2, -0.15) is 0 Å². The Morgan fingerprint density at radius 1 is 1.31 bits per heavy atom. The topological polar surface area (TPSA) is 29.5 Å². The molecule has 0 aromatic carbocycles. The van der Waals surface area contributed by atoms with E-state index >= 15 is 0 Å². The van der Waals surface area contributed by atoms with Crippen LogP contribution in [0.5, 0.6) is 0 Å². The van der Waals surface area contributed by atoms with Crippen LogP contribution in [0.25, 0.3) is 0 Å². The van der Waals surface area contributed by atoms with E-state index in [1.165, 1.54) is 0 Å². The molecule has 0 N–H and O–H groups in total. The van der Waals surface area contributed by atoms with Gasteiger partial charge in [0.15, 0.2) is 0 Å². The van der Waals surface area contributed by atoms with E-state index in [-0.39, 0.29) is 12.0 Å². The van der Waals surface area contributed by atoms with Crippen molar-refractivity contribution in [3.05, 3.63) is 12.2 Å². The van der Waals surface area contributed by atoms with E-state index in [2.05, 4.69) is 32.3 Å². The van der Waals surface area contributed by atoms with Crippen LogP contribution in [0.1, 0.15) is 40.5 Å². The molecule has 0 aliphatic carbocycles. The first-order chi connectivity index (χ1) is 7.52. The van der Waals surface area contributed by atoms with Crippen LogP contribution < -0.4 is 0 Å². The lowest BCUT2D eigenvalue weighted by molar-refractivity contribution is -0.140. The van der Waals surface area contributed by atoms with Gasteiger partial charge in [-0.05, 0) is 39.8 Å². The molecular formula is C13H25NO2. The van der Waals surface area contributed by atoms with E-state index in [1.807, 2.05) is 0 Å². The molecule has 0 aliphatic heterocycles. The van der Waals surface area contributed by atoms with Gasteiger partial charge < -0.3 is 4.74 Å². The van der Waals surface area contributed by atoms with Crippen molar-refractivity contribution in [1.82, 2.24) is 4.90 Å². The molecule has 3 heteroatoms. The number of hydrogen-bond acceptors (Lipinski definition) is 3. The molecule has 0 radical (unpaired) electrons. The van der Waals surface area contributed by atoms with Crippen LogP contribution in [-0.4, -0.2) is 36.6 Å². The summed E-state index contributed by atoms with van der Waals surface area (Å²) in [5.74, 6) is -0.292. The Kier molecular flexibility index (Phi) is 7.90. The zero-order valence-electron chi connectivity index (χ0n) is 11.1. The Morgan fingerprint density at radius 3 is 2.19 bits per heavy atom. The van der Waals surface area contributed by atoms with Crippen LogP contribution in [0.2, 0.25) is 0 Å². The highest BCUT2D eigenvalue weighted by molar-refractivity contribution is 5.86. The molecule has 1 unspecified atom stereocenters. The van der Waals surface area contributed by atoms with E-state index in [0.29, 0.717) is 12.2 Å². The number of carbonyl (C=O) groups excluding carboxylic acids is 1. The van der Waals surface area contributed by atoms with Gasteiger partial charge >= 0.3 is 5.97 Å². The number of rotatable bonds is 8. The van der Waals surface area contributed by atoms with Gasteiger partial charge in [0.1, 0.15) is 6.61 Å². The predicted molar refractivity (Wildman–Crippen MR) is 67.4 cm³/mol. The predicted octanol–water partition coefficient (Wildman–Crippen LogP) is 2.62. The van der Waals surface area contributed by atoms with Crippen LogP contribution in [0, 0.1) is 0 Å². The number of hydrogen-bond donors (Lipinski definition) is 0. The van der Waals surface area contributed by atoms with Gasteiger partial charge in [-0.25, -0.2) is 4.79 Å². The van der Waals surface area contributed by atoms with Gasteiger partial charge in [-0.1, -0.05) is 20.4 Å². The van der Waals surface area contributed by atoms with Gasteiger partial charge in [0.2, 0.25) is 0 Å². The Morgan fingerprint density at radius 2 is 1.81 bits per heavy atom. The van der Waals surface area contributed by atoms with E-state index in [1.54, 1.807) is 6.92 Å². The zero-order chi connectivity index (χ0) is 12.6. The van der Waals surface area contributed by atoms with Crippen LogP contribution in [-0.2, 0) is 9.53 Å². The fourth-order valence-corrected chi connectivity index (χ4v) is 1.55.